The van der Waals surface area contributed by atoms with E-state index in [1.807, 2.05) is 6.07 Å². The van der Waals surface area contributed by atoms with E-state index in [9.17, 15) is 4.39 Å². The van der Waals surface area contributed by atoms with Crippen molar-refractivity contribution in [3.05, 3.63) is 46.8 Å². The minimum absolute atomic E-state index is 0.208. The maximum atomic E-state index is 13.5. The third-order valence-electron chi connectivity index (χ3n) is 3.86. The lowest BCUT2D eigenvalue weighted by Crippen LogP contribution is -2.12. The van der Waals surface area contributed by atoms with E-state index in [1.54, 1.807) is 19.2 Å². The summed E-state index contributed by atoms with van der Waals surface area (Å²) in [6.07, 6.45) is 8.89. The van der Waals surface area contributed by atoms with Gasteiger partial charge in [0, 0.05) is 7.11 Å². The average Bonchev–Trinajstić information content (AvgIpc) is 2.43. The summed E-state index contributed by atoms with van der Waals surface area (Å²) in [6.45, 7) is 0.683. The van der Waals surface area contributed by atoms with E-state index in [-0.39, 0.29) is 10.8 Å². The van der Waals surface area contributed by atoms with Gasteiger partial charge in [-0.25, -0.2) is 4.39 Å². The topological polar surface area (TPSA) is 9.23 Å². The van der Waals surface area contributed by atoms with Crippen molar-refractivity contribution in [2.75, 3.05) is 13.7 Å². The van der Waals surface area contributed by atoms with Crippen molar-refractivity contribution in [2.24, 2.45) is 5.92 Å². The van der Waals surface area contributed by atoms with Gasteiger partial charge in [-0.15, -0.1) is 0 Å². The molecular weight excluding hydrogens is 263 g/mol. The maximum Gasteiger partial charge on any atom is 0.142 e. The average molecular weight is 283 g/mol. The minimum Gasteiger partial charge on any atom is -0.381 e. The van der Waals surface area contributed by atoms with Crippen LogP contribution >= 0.6 is 11.6 Å². The van der Waals surface area contributed by atoms with Crippen molar-refractivity contribution < 1.29 is 9.13 Å². The van der Waals surface area contributed by atoms with E-state index in [0.29, 0.717) is 18.4 Å². The minimum atomic E-state index is -0.304. The summed E-state index contributed by atoms with van der Waals surface area (Å²) >= 11 is 5.72. The van der Waals surface area contributed by atoms with Crippen LogP contribution in [0.4, 0.5) is 4.39 Å². The molecule has 104 valence electrons. The summed E-state index contributed by atoms with van der Waals surface area (Å²) < 4.78 is 18.5. The Morgan fingerprint density at radius 2 is 2.05 bits per heavy atom. The van der Waals surface area contributed by atoms with Crippen LogP contribution < -0.4 is 0 Å². The molecule has 0 bridgehead atoms. The zero-order valence-electron chi connectivity index (χ0n) is 11.2. The van der Waals surface area contributed by atoms with Crippen molar-refractivity contribution >= 4 is 11.6 Å². The molecule has 1 fully saturated rings. The van der Waals surface area contributed by atoms with Crippen LogP contribution in [0.3, 0.4) is 0 Å². The van der Waals surface area contributed by atoms with Crippen LogP contribution in [-0.4, -0.2) is 13.7 Å². The zero-order valence-corrected chi connectivity index (χ0v) is 12.0. The lowest BCUT2D eigenvalue weighted by molar-refractivity contribution is 0.233. The molecule has 0 aromatic heterocycles. The summed E-state index contributed by atoms with van der Waals surface area (Å²) in [7, 11) is 1.70. The molecule has 0 spiro atoms. The van der Waals surface area contributed by atoms with Crippen LogP contribution in [0, 0.1) is 11.7 Å². The molecule has 0 unspecified atom stereocenters. The van der Waals surface area contributed by atoms with E-state index >= 15 is 0 Å². The van der Waals surface area contributed by atoms with Gasteiger partial charge in [0.05, 0.1) is 11.6 Å². The highest BCUT2D eigenvalue weighted by atomic mass is 35.5. The second-order valence-corrected chi connectivity index (χ2v) is 5.58. The molecule has 0 radical (unpaired) electrons. The van der Waals surface area contributed by atoms with Gasteiger partial charge in [-0.1, -0.05) is 29.8 Å². The number of hydrogen-bond acceptors (Lipinski definition) is 1. The maximum absolute atomic E-state index is 13.5. The molecular formula is C16H20ClFO. The zero-order chi connectivity index (χ0) is 13.7. The number of methoxy groups -OCH3 is 1. The first-order valence-electron chi connectivity index (χ1n) is 6.81. The van der Waals surface area contributed by atoms with E-state index in [2.05, 4.69) is 12.2 Å². The van der Waals surface area contributed by atoms with Gasteiger partial charge < -0.3 is 4.74 Å². The number of halogens is 2. The molecule has 1 nitrogen and oxygen atoms in total. The van der Waals surface area contributed by atoms with Gasteiger partial charge in [0.1, 0.15) is 5.82 Å². The summed E-state index contributed by atoms with van der Waals surface area (Å²) in [5.41, 5.74) is 1.08. The second-order valence-electron chi connectivity index (χ2n) is 5.17. The molecule has 3 heteroatoms. The molecule has 1 aromatic carbocycles. The van der Waals surface area contributed by atoms with Crippen molar-refractivity contribution in [3.63, 3.8) is 0 Å². The first kappa shape index (κ1) is 14.5. The Hall–Kier alpha value is -0.860. The number of ether oxygens (including phenoxy) is 1. The van der Waals surface area contributed by atoms with E-state index < -0.39 is 0 Å². The summed E-state index contributed by atoms with van der Waals surface area (Å²) in [6, 6.07) is 5.21. The number of rotatable bonds is 4. The fourth-order valence-electron chi connectivity index (χ4n) is 2.76. The number of benzene rings is 1. The van der Waals surface area contributed by atoms with Crippen LogP contribution in [0.25, 0.3) is 0 Å². The van der Waals surface area contributed by atoms with Crippen LogP contribution in [0.15, 0.2) is 30.4 Å². The van der Waals surface area contributed by atoms with Gasteiger partial charge in [-0.3, -0.25) is 0 Å². The third kappa shape index (κ3) is 4.05. The molecule has 0 heterocycles. The van der Waals surface area contributed by atoms with Crippen LogP contribution in [0.1, 0.15) is 37.2 Å². The Kier molecular flexibility index (Phi) is 5.41. The first-order chi connectivity index (χ1) is 9.20. The molecule has 1 aliphatic rings. The van der Waals surface area contributed by atoms with Crippen LogP contribution in [0.2, 0.25) is 5.02 Å². The van der Waals surface area contributed by atoms with Gasteiger partial charge in [0.2, 0.25) is 0 Å². The first-order valence-corrected chi connectivity index (χ1v) is 7.19. The monoisotopic (exact) mass is 282 g/mol. The molecule has 0 aliphatic heterocycles. The van der Waals surface area contributed by atoms with Gasteiger partial charge >= 0.3 is 0 Å². The smallest absolute Gasteiger partial charge is 0.142 e. The summed E-state index contributed by atoms with van der Waals surface area (Å²) in [4.78, 5) is 0. The molecule has 1 aromatic rings. The lowest BCUT2D eigenvalue weighted by Gasteiger charge is -2.27. The second kappa shape index (κ2) is 7.06. The number of hydrogen-bond donors (Lipinski definition) is 0. The largest absolute Gasteiger partial charge is 0.381 e. The predicted octanol–water partition coefficient (Wildman–Crippen LogP) is 4.96. The quantitative estimate of drug-likeness (QED) is 0.710. The summed E-state index contributed by atoms with van der Waals surface area (Å²) in [5.74, 6) is 0.809. The van der Waals surface area contributed by atoms with Gasteiger partial charge in [0.15, 0.2) is 0 Å². The van der Waals surface area contributed by atoms with E-state index in [0.717, 1.165) is 31.2 Å². The highest BCUT2D eigenvalue weighted by molar-refractivity contribution is 6.30. The third-order valence-corrected chi connectivity index (χ3v) is 4.16. The highest BCUT2D eigenvalue weighted by Crippen LogP contribution is 2.37. The predicted molar refractivity (Wildman–Crippen MR) is 77.1 cm³/mol. The van der Waals surface area contributed by atoms with Crippen molar-refractivity contribution in [1.29, 1.82) is 0 Å². The molecule has 19 heavy (non-hydrogen) atoms. The van der Waals surface area contributed by atoms with Crippen molar-refractivity contribution in [1.82, 2.24) is 0 Å². The van der Waals surface area contributed by atoms with Gasteiger partial charge in [-0.05, 0) is 55.2 Å². The SMILES string of the molecule is COC/C=C/C1CCC(c2ccc(Cl)c(F)c2)CC1. The van der Waals surface area contributed by atoms with Gasteiger partial charge in [-0.2, -0.15) is 0 Å². The van der Waals surface area contributed by atoms with E-state index in [4.69, 9.17) is 16.3 Å². The Morgan fingerprint density at radius 1 is 1.32 bits per heavy atom. The van der Waals surface area contributed by atoms with Crippen LogP contribution in [0.5, 0.6) is 0 Å². The lowest BCUT2D eigenvalue weighted by atomic mass is 9.78. The molecule has 0 N–H and O–H groups in total. The standard InChI is InChI=1S/C16H20ClFO/c1-19-10-2-3-12-4-6-13(7-5-12)14-8-9-15(17)16(18)11-14/h2-3,8-9,11-13H,4-7,10H2,1H3/b3-2+. The van der Waals surface area contributed by atoms with Crippen LogP contribution in [-0.2, 0) is 4.74 Å². The number of allylic oxidation sites excluding steroid dienone is 1. The van der Waals surface area contributed by atoms with Crippen molar-refractivity contribution in [3.8, 4) is 0 Å². The Balaban J connectivity index is 1.90. The molecule has 0 amide bonds. The Bertz CT molecular complexity index is 436. The Labute approximate surface area is 119 Å². The molecule has 0 saturated heterocycles. The molecule has 2 rings (SSSR count). The fourth-order valence-corrected chi connectivity index (χ4v) is 2.87. The Morgan fingerprint density at radius 3 is 2.68 bits per heavy atom. The summed E-state index contributed by atoms with van der Waals surface area (Å²) in [5, 5.41) is 0.208. The van der Waals surface area contributed by atoms with E-state index in [1.165, 1.54) is 0 Å². The fraction of sp³-hybridized carbons (Fsp3) is 0.500. The highest BCUT2D eigenvalue weighted by Gasteiger charge is 2.21. The molecule has 1 saturated carbocycles. The molecule has 0 atom stereocenters. The van der Waals surface area contributed by atoms with Gasteiger partial charge in [0.25, 0.3) is 0 Å². The van der Waals surface area contributed by atoms with Crippen molar-refractivity contribution in [2.45, 2.75) is 31.6 Å². The molecule has 1 aliphatic carbocycles. The normalized spacial score (nSPS) is 23.9.